The summed E-state index contributed by atoms with van der Waals surface area (Å²) < 4.78 is 2.26. The first kappa shape index (κ1) is 22.2. The Hall–Kier alpha value is -3.05. The Morgan fingerprint density at radius 3 is 2.28 bits per heavy atom. The lowest BCUT2D eigenvalue weighted by molar-refractivity contribution is -0.113. The Morgan fingerprint density at radius 1 is 0.889 bits per heavy atom. The van der Waals surface area contributed by atoms with Crippen molar-refractivity contribution in [1.29, 1.82) is 0 Å². The molecule has 2 unspecified atom stereocenters. The summed E-state index contributed by atoms with van der Waals surface area (Å²) >= 11 is 1.01. The molecule has 3 aromatic rings. The van der Waals surface area contributed by atoms with Crippen LogP contribution in [-0.2, 0) is 10.2 Å². The third kappa shape index (κ3) is 3.21. The molecule has 2 amide bonds. The molecule has 182 valence electrons. The molecule has 1 aliphatic heterocycles. The van der Waals surface area contributed by atoms with Gasteiger partial charge in [-0.1, -0.05) is 30.3 Å². The van der Waals surface area contributed by atoms with Crippen molar-refractivity contribution >= 4 is 34.7 Å². The maximum atomic E-state index is 13.1. The van der Waals surface area contributed by atoms with Crippen LogP contribution in [0.5, 0.6) is 0 Å². The number of carbonyl (C=O) groups is 2. The minimum Gasteiger partial charge on any atom is -0.318 e. The van der Waals surface area contributed by atoms with Crippen LogP contribution in [0.2, 0.25) is 0 Å². The zero-order valence-corrected chi connectivity index (χ0v) is 21.6. The van der Waals surface area contributed by atoms with Gasteiger partial charge < -0.3 is 4.57 Å². The quantitative estimate of drug-likeness (QED) is 0.355. The van der Waals surface area contributed by atoms with Crippen LogP contribution in [0.3, 0.4) is 0 Å². The van der Waals surface area contributed by atoms with Gasteiger partial charge in [-0.2, -0.15) is 0 Å². The Labute approximate surface area is 216 Å². The van der Waals surface area contributed by atoms with E-state index < -0.39 is 0 Å². The van der Waals surface area contributed by atoms with Crippen LogP contribution in [0.4, 0.5) is 10.5 Å². The fourth-order valence-corrected chi connectivity index (χ4v) is 8.78. The molecule has 0 radical (unpaired) electrons. The van der Waals surface area contributed by atoms with Crippen molar-refractivity contribution in [2.75, 3.05) is 4.90 Å². The standard InChI is InChI=1S/C31H30N2O2S/c1-19-12-23(16-28-29(34)33(30(35)36-28)26-6-4-3-5-7-26)20(2)32(19)27-10-8-24(9-11-27)31-17-21-13-22(18-31)15-25(31)14-21/h3-12,16,21-22,25H,13-15,17-18H2,1-2H3. The van der Waals surface area contributed by atoms with Crippen molar-refractivity contribution in [1.82, 2.24) is 4.57 Å². The van der Waals surface area contributed by atoms with Gasteiger partial charge in [0.1, 0.15) is 0 Å². The summed E-state index contributed by atoms with van der Waals surface area (Å²) in [4.78, 5) is 27.4. The predicted molar refractivity (Wildman–Crippen MR) is 145 cm³/mol. The summed E-state index contributed by atoms with van der Waals surface area (Å²) in [7, 11) is 0. The number of nitrogens with zero attached hydrogens (tertiary/aromatic N) is 2. The molecule has 4 aliphatic carbocycles. The maximum absolute atomic E-state index is 13.1. The number of thioether (sulfide) groups is 1. The van der Waals surface area contributed by atoms with E-state index in [0.717, 1.165) is 52.2 Å². The summed E-state index contributed by atoms with van der Waals surface area (Å²) in [6.45, 7) is 4.19. The summed E-state index contributed by atoms with van der Waals surface area (Å²) in [5, 5.41) is -0.254. The third-order valence-electron chi connectivity index (χ3n) is 9.26. The van der Waals surface area contributed by atoms with Crippen molar-refractivity contribution in [3.05, 3.63) is 88.1 Å². The molecule has 0 spiro atoms. The highest BCUT2D eigenvalue weighted by Gasteiger charge is 2.58. The van der Waals surface area contributed by atoms with Crippen molar-refractivity contribution in [3.63, 3.8) is 0 Å². The number of aryl methyl sites for hydroxylation is 1. The van der Waals surface area contributed by atoms with E-state index >= 15 is 0 Å². The lowest BCUT2D eigenvalue weighted by Crippen LogP contribution is -2.27. The highest BCUT2D eigenvalue weighted by Crippen LogP contribution is 2.65. The monoisotopic (exact) mass is 494 g/mol. The third-order valence-corrected chi connectivity index (χ3v) is 10.1. The average molecular weight is 495 g/mol. The molecule has 2 heterocycles. The molecule has 1 saturated heterocycles. The van der Waals surface area contributed by atoms with Gasteiger partial charge in [0.2, 0.25) is 0 Å². The normalized spacial score (nSPS) is 29.8. The second kappa shape index (κ2) is 7.97. The summed E-state index contributed by atoms with van der Waals surface area (Å²) in [5.74, 6) is 2.53. The first-order valence-corrected chi connectivity index (χ1v) is 13.9. The van der Waals surface area contributed by atoms with Crippen LogP contribution in [0.1, 0.15) is 54.6 Å². The SMILES string of the molecule is Cc1cc(C=C2SC(=O)N(c3ccccc3)C2=O)c(C)n1-c1ccc(C23CC4CC(CC2C4)C3)cc1. The summed E-state index contributed by atoms with van der Waals surface area (Å²) in [6.07, 6.45) is 8.98. The number of imide groups is 1. The molecular formula is C31H30N2O2S. The number of amides is 2. The van der Waals surface area contributed by atoms with E-state index in [9.17, 15) is 9.59 Å². The molecule has 36 heavy (non-hydrogen) atoms. The predicted octanol–water partition coefficient (Wildman–Crippen LogP) is 7.41. The number of benzene rings is 2. The minimum absolute atomic E-state index is 0.254. The lowest BCUT2D eigenvalue weighted by atomic mass is 9.71. The average Bonchev–Trinajstić information content (AvgIpc) is 3.49. The van der Waals surface area contributed by atoms with Gasteiger partial charge in [-0.25, -0.2) is 4.90 Å². The number of aromatic nitrogens is 1. The highest BCUT2D eigenvalue weighted by atomic mass is 32.2. The molecule has 2 aromatic carbocycles. The molecule has 2 atom stereocenters. The highest BCUT2D eigenvalue weighted by molar-refractivity contribution is 8.19. The number of hydrogen-bond donors (Lipinski definition) is 0. The molecule has 5 heteroatoms. The molecule has 5 aliphatic rings. The van der Waals surface area contributed by atoms with Gasteiger partial charge in [-0.05, 0) is 128 Å². The summed E-state index contributed by atoms with van der Waals surface area (Å²) in [5.41, 5.74) is 6.90. The van der Waals surface area contributed by atoms with Crippen molar-refractivity contribution in [3.8, 4) is 5.69 Å². The number of carbonyl (C=O) groups excluding carboxylic acids is 2. The van der Waals surface area contributed by atoms with Crippen LogP contribution in [0, 0.1) is 31.6 Å². The van der Waals surface area contributed by atoms with E-state index in [-0.39, 0.29) is 11.1 Å². The second-order valence-electron chi connectivity index (χ2n) is 11.3. The Morgan fingerprint density at radius 2 is 1.58 bits per heavy atom. The van der Waals surface area contributed by atoms with Gasteiger partial charge >= 0.3 is 0 Å². The first-order chi connectivity index (χ1) is 17.4. The molecule has 8 rings (SSSR count). The van der Waals surface area contributed by atoms with E-state index in [0.29, 0.717) is 16.0 Å². The second-order valence-corrected chi connectivity index (χ2v) is 12.3. The van der Waals surface area contributed by atoms with Crippen molar-refractivity contribution in [2.45, 2.75) is 51.4 Å². The Kier molecular flexibility index (Phi) is 4.91. The van der Waals surface area contributed by atoms with E-state index in [1.165, 1.54) is 37.0 Å². The van der Waals surface area contributed by atoms with Crippen LogP contribution in [0.25, 0.3) is 11.8 Å². The molecule has 1 aromatic heterocycles. The van der Waals surface area contributed by atoms with Gasteiger partial charge in [0.15, 0.2) is 0 Å². The van der Waals surface area contributed by atoms with Crippen LogP contribution >= 0.6 is 11.8 Å². The summed E-state index contributed by atoms with van der Waals surface area (Å²) in [6, 6.07) is 20.5. The van der Waals surface area contributed by atoms with Gasteiger partial charge in [-0.3, -0.25) is 9.59 Å². The van der Waals surface area contributed by atoms with E-state index in [1.54, 1.807) is 17.7 Å². The van der Waals surface area contributed by atoms with Crippen LogP contribution < -0.4 is 4.90 Å². The number of rotatable bonds is 4. The molecular weight excluding hydrogens is 464 g/mol. The van der Waals surface area contributed by atoms with Gasteiger partial charge in [0.05, 0.1) is 10.6 Å². The van der Waals surface area contributed by atoms with Gasteiger partial charge in [0.25, 0.3) is 11.1 Å². The van der Waals surface area contributed by atoms with E-state index in [2.05, 4.69) is 48.7 Å². The number of hydrogen-bond acceptors (Lipinski definition) is 3. The first-order valence-electron chi connectivity index (χ1n) is 13.1. The smallest absolute Gasteiger partial charge is 0.298 e. The fourth-order valence-electron chi connectivity index (χ4n) is 7.95. The van der Waals surface area contributed by atoms with E-state index in [4.69, 9.17) is 0 Å². The van der Waals surface area contributed by atoms with Crippen molar-refractivity contribution < 1.29 is 9.59 Å². The molecule has 0 N–H and O–H groups in total. The number of para-hydroxylation sites is 1. The fraction of sp³-hybridized carbons (Fsp3) is 0.355. The van der Waals surface area contributed by atoms with Crippen LogP contribution in [-0.4, -0.2) is 15.7 Å². The van der Waals surface area contributed by atoms with Crippen LogP contribution in [0.15, 0.2) is 65.6 Å². The number of anilines is 1. The van der Waals surface area contributed by atoms with Gasteiger partial charge in [-0.15, -0.1) is 0 Å². The molecule has 4 saturated carbocycles. The lowest BCUT2D eigenvalue weighted by Gasteiger charge is -2.33. The molecule has 5 fully saturated rings. The molecule has 4 nitrogen and oxygen atoms in total. The van der Waals surface area contributed by atoms with Crippen molar-refractivity contribution in [2.24, 2.45) is 17.8 Å². The Balaban J connectivity index is 1.18. The molecule has 4 bridgehead atoms. The zero-order chi connectivity index (χ0) is 24.6. The maximum Gasteiger partial charge on any atom is 0.298 e. The van der Waals surface area contributed by atoms with E-state index in [1.807, 2.05) is 24.3 Å². The largest absolute Gasteiger partial charge is 0.318 e. The topological polar surface area (TPSA) is 42.3 Å². The zero-order valence-electron chi connectivity index (χ0n) is 20.7. The minimum atomic E-state index is -0.259. The Bertz CT molecular complexity index is 1400. The van der Waals surface area contributed by atoms with Gasteiger partial charge in [0, 0.05) is 17.1 Å².